The van der Waals surface area contributed by atoms with Crippen LogP contribution in [0.5, 0.6) is 0 Å². The maximum atomic E-state index is 11.4. The molecule has 1 aromatic rings. The van der Waals surface area contributed by atoms with Crippen LogP contribution in [0.3, 0.4) is 0 Å². The molecule has 70 valence electrons. The van der Waals surface area contributed by atoms with Crippen LogP contribution in [-0.4, -0.2) is 39.1 Å². The molecule has 0 unspecified atom stereocenters. The van der Waals surface area contributed by atoms with E-state index in [1.807, 2.05) is 0 Å². The molecule has 0 radical (unpaired) electrons. The van der Waals surface area contributed by atoms with E-state index in [1.165, 1.54) is 0 Å². The van der Waals surface area contributed by atoms with E-state index in [9.17, 15) is 4.79 Å². The number of carbonyl (C=O) groups is 1. The third-order valence-corrected chi connectivity index (χ3v) is 1.96. The number of amides is 1. The summed E-state index contributed by atoms with van der Waals surface area (Å²) in [5, 5.41) is 18.4. The van der Waals surface area contributed by atoms with E-state index in [-0.39, 0.29) is 17.9 Å². The van der Waals surface area contributed by atoms with Gasteiger partial charge in [-0.1, -0.05) is 5.10 Å². The summed E-state index contributed by atoms with van der Waals surface area (Å²) in [7, 11) is 0. The minimum atomic E-state index is -0.113. The summed E-state index contributed by atoms with van der Waals surface area (Å²) < 4.78 is 0. The smallest absolute Gasteiger partial charge is 0.269 e. The molecule has 13 heavy (non-hydrogen) atoms. The summed E-state index contributed by atoms with van der Waals surface area (Å²) in [6.45, 7) is 0.893. The summed E-state index contributed by atoms with van der Waals surface area (Å²) in [6, 6.07) is -0.113. The van der Waals surface area contributed by atoms with Crippen molar-refractivity contribution in [3.8, 4) is 0 Å². The third kappa shape index (κ3) is 1.81. The quantitative estimate of drug-likeness (QED) is 0.539. The average molecular weight is 182 g/mol. The van der Waals surface area contributed by atoms with Gasteiger partial charge in [-0.3, -0.25) is 10.1 Å². The number of carbonyl (C=O) groups excluding carboxylic acids is 1. The van der Waals surface area contributed by atoms with Crippen molar-refractivity contribution in [2.45, 2.75) is 18.9 Å². The highest BCUT2D eigenvalue weighted by Crippen LogP contribution is 2.06. The second-order valence-corrected chi connectivity index (χ2v) is 2.87. The fraction of sp³-hybridized carbons (Fsp3) is 0.667. The lowest BCUT2D eigenvalue weighted by Crippen LogP contribution is -2.35. The van der Waals surface area contributed by atoms with E-state index < -0.39 is 0 Å². The number of hydrogen-bond donors (Lipinski definition) is 3. The van der Waals surface area contributed by atoms with Gasteiger partial charge in [0, 0.05) is 0 Å². The highest BCUT2D eigenvalue weighted by atomic mass is 16.2. The fourth-order valence-electron chi connectivity index (χ4n) is 1.32. The second kappa shape index (κ2) is 3.48. The molecule has 2 rings (SSSR count). The van der Waals surface area contributed by atoms with Gasteiger partial charge in [-0.15, -0.1) is 5.10 Å². The molecule has 0 aliphatic carbocycles. The maximum absolute atomic E-state index is 11.4. The molecule has 1 saturated heterocycles. The van der Waals surface area contributed by atoms with Crippen LogP contribution in [0.4, 0.5) is 5.95 Å². The Hall–Kier alpha value is -1.50. The van der Waals surface area contributed by atoms with Crippen molar-refractivity contribution in [1.29, 1.82) is 0 Å². The monoisotopic (exact) mass is 182 g/mol. The normalized spacial score (nSPS) is 21.7. The Morgan fingerprint density at radius 2 is 2.54 bits per heavy atom. The zero-order chi connectivity index (χ0) is 9.10. The van der Waals surface area contributed by atoms with Crippen molar-refractivity contribution in [3.05, 3.63) is 0 Å². The van der Waals surface area contributed by atoms with E-state index in [1.54, 1.807) is 0 Å². The van der Waals surface area contributed by atoms with Crippen LogP contribution in [0.25, 0.3) is 0 Å². The summed E-state index contributed by atoms with van der Waals surface area (Å²) in [5.74, 6) is 0.123. The summed E-state index contributed by atoms with van der Waals surface area (Å²) in [6.07, 6.45) is 1.90. The van der Waals surface area contributed by atoms with Crippen LogP contribution in [0.2, 0.25) is 0 Å². The predicted octanol–water partition coefficient (Wildman–Crippen LogP) is -1.11. The first-order chi connectivity index (χ1) is 6.36. The Bertz CT molecular complexity index is 277. The van der Waals surface area contributed by atoms with E-state index in [4.69, 9.17) is 0 Å². The lowest BCUT2D eigenvalue weighted by atomic mass is 10.2. The number of nitrogens with one attached hydrogen (secondary N) is 3. The number of aromatic nitrogens is 4. The molecule has 1 aromatic heterocycles. The molecule has 2 heterocycles. The molecular weight excluding hydrogens is 172 g/mol. The molecule has 7 nitrogen and oxygen atoms in total. The first-order valence-corrected chi connectivity index (χ1v) is 4.14. The zero-order valence-corrected chi connectivity index (χ0v) is 6.95. The molecule has 1 atom stereocenters. The van der Waals surface area contributed by atoms with Crippen LogP contribution in [0.15, 0.2) is 0 Å². The summed E-state index contributed by atoms with van der Waals surface area (Å²) in [5.41, 5.74) is 0. The Kier molecular flexibility index (Phi) is 2.17. The Balaban J connectivity index is 1.91. The highest BCUT2D eigenvalue weighted by Gasteiger charge is 2.22. The Labute approximate surface area is 74.3 Å². The molecule has 1 aliphatic rings. The zero-order valence-electron chi connectivity index (χ0n) is 6.95. The van der Waals surface area contributed by atoms with Gasteiger partial charge in [0.15, 0.2) is 0 Å². The summed E-state index contributed by atoms with van der Waals surface area (Å²) >= 11 is 0. The number of nitrogens with zero attached hydrogens (tertiary/aromatic N) is 3. The maximum Gasteiger partial charge on any atom is 0.269 e. The molecule has 1 aliphatic heterocycles. The first-order valence-electron chi connectivity index (χ1n) is 4.14. The van der Waals surface area contributed by atoms with Gasteiger partial charge < -0.3 is 5.32 Å². The van der Waals surface area contributed by atoms with E-state index in [0.29, 0.717) is 0 Å². The van der Waals surface area contributed by atoms with Gasteiger partial charge in [0.25, 0.3) is 5.95 Å². The fourth-order valence-corrected chi connectivity index (χ4v) is 1.32. The van der Waals surface area contributed by atoms with Crippen molar-refractivity contribution in [3.63, 3.8) is 0 Å². The predicted molar refractivity (Wildman–Crippen MR) is 43.8 cm³/mol. The van der Waals surface area contributed by atoms with Crippen molar-refractivity contribution in [2.24, 2.45) is 0 Å². The van der Waals surface area contributed by atoms with E-state index in [2.05, 4.69) is 31.3 Å². The highest BCUT2D eigenvalue weighted by molar-refractivity contribution is 5.93. The van der Waals surface area contributed by atoms with Gasteiger partial charge >= 0.3 is 0 Å². The number of hydrogen-bond acceptors (Lipinski definition) is 5. The number of anilines is 1. The van der Waals surface area contributed by atoms with Crippen LogP contribution in [0.1, 0.15) is 12.8 Å². The number of H-pyrrole nitrogens is 1. The Morgan fingerprint density at radius 3 is 3.15 bits per heavy atom. The van der Waals surface area contributed by atoms with Crippen LogP contribution in [0, 0.1) is 0 Å². The van der Waals surface area contributed by atoms with Gasteiger partial charge in [-0.25, -0.2) is 0 Å². The van der Waals surface area contributed by atoms with E-state index in [0.717, 1.165) is 19.4 Å². The molecule has 1 fully saturated rings. The number of rotatable bonds is 2. The topological polar surface area (TPSA) is 95.6 Å². The lowest BCUT2D eigenvalue weighted by molar-refractivity contribution is -0.117. The molecule has 0 bridgehead atoms. The van der Waals surface area contributed by atoms with Crippen molar-refractivity contribution in [1.82, 2.24) is 25.9 Å². The minimum Gasteiger partial charge on any atom is -0.306 e. The lowest BCUT2D eigenvalue weighted by Gasteiger charge is -2.07. The molecule has 1 amide bonds. The minimum absolute atomic E-state index is 0.0982. The van der Waals surface area contributed by atoms with Crippen molar-refractivity contribution >= 4 is 11.9 Å². The average Bonchev–Trinajstić information content (AvgIpc) is 2.74. The van der Waals surface area contributed by atoms with Gasteiger partial charge in [0.05, 0.1) is 6.04 Å². The summed E-state index contributed by atoms with van der Waals surface area (Å²) in [4.78, 5) is 11.4. The van der Waals surface area contributed by atoms with Gasteiger partial charge in [0.1, 0.15) is 0 Å². The van der Waals surface area contributed by atoms with Crippen LogP contribution < -0.4 is 10.6 Å². The third-order valence-electron chi connectivity index (χ3n) is 1.96. The molecule has 0 spiro atoms. The van der Waals surface area contributed by atoms with Crippen molar-refractivity contribution < 1.29 is 4.79 Å². The van der Waals surface area contributed by atoms with Gasteiger partial charge in [-0.05, 0) is 24.6 Å². The van der Waals surface area contributed by atoms with Crippen LogP contribution in [-0.2, 0) is 4.79 Å². The van der Waals surface area contributed by atoms with Gasteiger partial charge in [0.2, 0.25) is 5.91 Å². The van der Waals surface area contributed by atoms with Gasteiger partial charge in [-0.2, -0.15) is 5.21 Å². The van der Waals surface area contributed by atoms with E-state index >= 15 is 0 Å². The second-order valence-electron chi connectivity index (χ2n) is 2.87. The number of aromatic amines is 1. The van der Waals surface area contributed by atoms with Crippen LogP contribution >= 0.6 is 0 Å². The Morgan fingerprint density at radius 1 is 1.62 bits per heavy atom. The molecule has 0 saturated carbocycles. The molecular formula is C6H10N6O. The molecule has 3 N–H and O–H groups in total. The number of tetrazole rings is 1. The standard InChI is InChI=1S/C6H10N6O/c13-5(4-2-1-3-7-4)8-6-9-11-12-10-6/h4,7H,1-3H2,(H2,8,9,10,11,12,13)/t4-/m0/s1. The largest absolute Gasteiger partial charge is 0.306 e. The SMILES string of the molecule is O=C(Nc1nn[nH]n1)[C@@H]1CCCN1. The van der Waals surface area contributed by atoms with Crippen molar-refractivity contribution in [2.75, 3.05) is 11.9 Å². The first kappa shape index (κ1) is 8.11. The molecule has 7 heteroatoms. The molecule has 0 aromatic carbocycles.